The second-order valence-electron chi connectivity index (χ2n) is 2.61. The van der Waals surface area contributed by atoms with E-state index in [4.69, 9.17) is 9.47 Å². The van der Waals surface area contributed by atoms with Gasteiger partial charge < -0.3 is 9.47 Å². The van der Waals surface area contributed by atoms with Crippen LogP contribution in [0, 0.1) is 0 Å². The van der Waals surface area contributed by atoms with E-state index >= 15 is 0 Å². The summed E-state index contributed by atoms with van der Waals surface area (Å²) in [6, 6.07) is 0. The van der Waals surface area contributed by atoms with Crippen LogP contribution in [-0.4, -0.2) is 37.3 Å². The third-order valence-corrected chi connectivity index (χ3v) is 2.70. The predicted octanol–water partition coefficient (Wildman–Crippen LogP) is 1.71. The van der Waals surface area contributed by atoms with Crippen LogP contribution in [0.15, 0.2) is 0 Å². The Labute approximate surface area is 84.2 Å². The Morgan fingerprint density at radius 2 is 2.23 bits per heavy atom. The fourth-order valence-corrected chi connectivity index (χ4v) is 1.63. The van der Waals surface area contributed by atoms with Gasteiger partial charge in [-0.2, -0.15) is 0 Å². The minimum Gasteiger partial charge on any atom is -0.465 e. The van der Waals surface area contributed by atoms with E-state index in [0.29, 0.717) is 6.61 Å². The smallest absolute Gasteiger partial charge is 0.318 e. The van der Waals surface area contributed by atoms with Crippen molar-refractivity contribution < 1.29 is 14.3 Å². The van der Waals surface area contributed by atoms with Gasteiger partial charge in [-0.25, -0.2) is 0 Å². The van der Waals surface area contributed by atoms with Gasteiger partial charge in [-0.05, 0) is 26.0 Å². The molecule has 0 radical (unpaired) electrons. The first-order valence-electron chi connectivity index (χ1n) is 4.49. The molecule has 0 amide bonds. The van der Waals surface area contributed by atoms with Gasteiger partial charge in [0, 0.05) is 13.7 Å². The fraction of sp³-hybridized carbons (Fsp3) is 0.889. The van der Waals surface area contributed by atoms with Gasteiger partial charge >= 0.3 is 5.97 Å². The zero-order valence-electron chi connectivity index (χ0n) is 8.54. The molecule has 0 bridgehead atoms. The number of carbonyl (C=O) groups excluding carboxylic acids is 1. The average molecular weight is 206 g/mol. The van der Waals surface area contributed by atoms with Gasteiger partial charge in [-0.15, -0.1) is 11.8 Å². The van der Waals surface area contributed by atoms with E-state index in [-0.39, 0.29) is 11.2 Å². The summed E-state index contributed by atoms with van der Waals surface area (Å²) in [5.74, 6) is 0.818. The van der Waals surface area contributed by atoms with Crippen molar-refractivity contribution in [3.63, 3.8) is 0 Å². The molecule has 0 fully saturated rings. The van der Waals surface area contributed by atoms with Crippen molar-refractivity contribution in [1.82, 2.24) is 0 Å². The quantitative estimate of drug-likeness (QED) is 0.469. The zero-order chi connectivity index (χ0) is 10.1. The maximum atomic E-state index is 11.1. The Hall–Kier alpha value is -0.220. The molecule has 0 aliphatic carbocycles. The van der Waals surface area contributed by atoms with E-state index in [1.165, 1.54) is 0 Å². The number of rotatable bonds is 7. The van der Waals surface area contributed by atoms with Crippen molar-refractivity contribution in [3.05, 3.63) is 0 Å². The lowest BCUT2D eigenvalue weighted by molar-refractivity contribution is -0.142. The number of methoxy groups -OCH3 is 1. The summed E-state index contributed by atoms with van der Waals surface area (Å²) in [4.78, 5) is 11.1. The highest BCUT2D eigenvalue weighted by Gasteiger charge is 2.13. The Balaban J connectivity index is 3.38. The van der Waals surface area contributed by atoms with Crippen LogP contribution in [0.4, 0.5) is 0 Å². The van der Waals surface area contributed by atoms with Gasteiger partial charge in [-0.3, -0.25) is 4.79 Å². The van der Waals surface area contributed by atoms with Crippen LogP contribution >= 0.6 is 11.8 Å². The first-order chi connectivity index (χ1) is 6.22. The van der Waals surface area contributed by atoms with Crippen LogP contribution < -0.4 is 0 Å². The van der Waals surface area contributed by atoms with Crippen LogP contribution in [0.2, 0.25) is 0 Å². The van der Waals surface area contributed by atoms with E-state index in [2.05, 4.69) is 0 Å². The second kappa shape index (κ2) is 8.38. The minimum absolute atomic E-state index is 0.0585. The van der Waals surface area contributed by atoms with Crippen LogP contribution in [-0.2, 0) is 14.3 Å². The van der Waals surface area contributed by atoms with Gasteiger partial charge in [-0.1, -0.05) is 0 Å². The molecule has 13 heavy (non-hydrogen) atoms. The van der Waals surface area contributed by atoms with E-state index in [1.807, 2.05) is 13.8 Å². The third-order valence-electron chi connectivity index (χ3n) is 1.48. The van der Waals surface area contributed by atoms with Crippen molar-refractivity contribution in [3.8, 4) is 0 Å². The molecule has 0 saturated heterocycles. The Morgan fingerprint density at radius 3 is 2.77 bits per heavy atom. The van der Waals surface area contributed by atoms with Gasteiger partial charge in [0.15, 0.2) is 0 Å². The molecular weight excluding hydrogens is 188 g/mol. The van der Waals surface area contributed by atoms with E-state index < -0.39 is 0 Å². The Morgan fingerprint density at radius 1 is 1.54 bits per heavy atom. The number of esters is 1. The average Bonchev–Trinajstić information content (AvgIpc) is 2.12. The summed E-state index contributed by atoms with van der Waals surface area (Å²) in [6.45, 7) is 4.90. The number of ether oxygens (including phenoxy) is 2. The van der Waals surface area contributed by atoms with Gasteiger partial charge in [0.05, 0.1) is 11.9 Å². The Bertz CT molecular complexity index is 139. The lowest BCUT2D eigenvalue weighted by atomic mass is 10.5. The summed E-state index contributed by atoms with van der Waals surface area (Å²) < 4.78 is 9.77. The lowest BCUT2D eigenvalue weighted by Gasteiger charge is -2.09. The van der Waals surface area contributed by atoms with E-state index in [0.717, 1.165) is 18.8 Å². The summed E-state index contributed by atoms with van der Waals surface area (Å²) >= 11 is 1.61. The Kier molecular flexibility index (Phi) is 8.24. The summed E-state index contributed by atoms with van der Waals surface area (Å²) in [6.07, 6.45) is 0.977. The number of hydrogen-bond acceptors (Lipinski definition) is 4. The standard InChI is InChI=1S/C9H18O3S/c1-4-12-9(10)8(2)13-7-5-6-11-3/h8H,4-7H2,1-3H3. The first-order valence-corrected chi connectivity index (χ1v) is 5.54. The van der Waals surface area contributed by atoms with Crippen molar-refractivity contribution >= 4 is 17.7 Å². The molecular formula is C9H18O3S. The largest absolute Gasteiger partial charge is 0.465 e. The molecule has 0 saturated carbocycles. The maximum Gasteiger partial charge on any atom is 0.318 e. The summed E-state index contributed by atoms with van der Waals surface area (Å²) in [7, 11) is 1.68. The van der Waals surface area contributed by atoms with Crippen LogP contribution in [0.3, 0.4) is 0 Å². The normalized spacial score (nSPS) is 12.5. The second-order valence-corrected chi connectivity index (χ2v) is 4.06. The van der Waals surface area contributed by atoms with E-state index in [9.17, 15) is 4.79 Å². The molecule has 4 heteroatoms. The topological polar surface area (TPSA) is 35.5 Å². The molecule has 0 aliphatic heterocycles. The van der Waals surface area contributed by atoms with Crippen molar-refractivity contribution in [2.45, 2.75) is 25.5 Å². The molecule has 0 heterocycles. The van der Waals surface area contributed by atoms with Crippen LogP contribution in [0.1, 0.15) is 20.3 Å². The van der Waals surface area contributed by atoms with E-state index in [1.54, 1.807) is 18.9 Å². The SMILES string of the molecule is CCOC(=O)C(C)SCCCOC. The predicted molar refractivity (Wildman–Crippen MR) is 55.0 cm³/mol. The number of thioether (sulfide) groups is 1. The third kappa shape index (κ3) is 6.90. The number of hydrogen-bond donors (Lipinski definition) is 0. The molecule has 3 nitrogen and oxygen atoms in total. The first kappa shape index (κ1) is 12.8. The summed E-state index contributed by atoms with van der Waals surface area (Å²) in [5, 5.41) is -0.0585. The van der Waals surface area contributed by atoms with Gasteiger partial charge in [0.25, 0.3) is 0 Å². The lowest BCUT2D eigenvalue weighted by Crippen LogP contribution is -2.17. The highest BCUT2D eigenvalue weighted by atomic mass is 32.2. The van der Waals surface area contributed by atoms with Crippen LogP contribution in [0.25, 0.3) is 0 Å². The van der Waals surface area contributed by atoms with Gasteiger partial charge in [0.1, 0.15) is 0 Å². The molecule has 0 rings (SSSR count). The summed E-state index contributed by atoms with van der Waals surface area (Å²) in [5.41, 5.74) is 0. The van der Waals surface area contributed by atoms with Crippen molar-refractivity contribution in [2.75, 3.05) is 26.1 Å². The zero-order valence-corrected chi connectivity index (χ0v) is 9.36. The van der Waals surface area contributed by atoms with Gasteiger partial charge in [0.2, 0.25) is 0 Å². The molecule has 1 atom stereocenters. The highest BCUT2D eigenvalue weighted by molar-refractivity contribution is 8.00. The molecule has 0 aromatic rings. The number of carbonyl (C=O) groups is 1. The molecule has 78 valence electrons. The molecule has 0 aromatic heterocycles. The minimum atomic E-state index is -0.120. The molecule has 0 N–H and O–H groups in total. The monoisotopic (exact) mass is 206 g/mol. The highest BCUT2D eigenvalue weighted by Crippen LogP contribution is 2.12. The molecule has 0 aliphatic rings. The fourth-order valence-electron chi connectivity index (χ4n) is 0.791. The molecule has 0 aromatic carbocycles. The van der Waals surface area contributed by atoms with Crippen molar-refractivity contribution in [1.29, 1.82) is 0 Å². The van der Waals surface area contributed by atoms with Crippen LogP contribution in [0.5, 0.6) is 0 Å². The molecule has 0 spiro atoms. The molecule has 1 unspecified atom stereocenters. The maximum absolute atomic E-state index is 11.1. The van der Waals surface area contributed by atoms with Crippen molar-refractivity contribution in [2.24, 2.45) is 0 Å².